The molecule has 5 heteroatoms. The molecular weight excluding hydrogens is 226 g/mol. The Bertz CT molecular complexity index is 510. The van der Waals surface area contributed by atoms with Crippen LogP contribution in [0.5, 0.6) is 0 Å². The molecule has 0 amide bonds. The van der Waals surface area contributed by atoms with E-state index >= 15 is 0 Å². The fourth-order valence-electron chi connectivity index (χ4n) is 1.35. The molecule has 2 aromatic rings. The van der Waals surface area contributed by atoms with Crippen LogP contribution in [-0.2, 0) is 7.05 Å². The quantitative estimate of drug-likeness (QED) is 0.644. The predicted molar refractivity (Wildman–Crippen MR) is 65.6 cm³/mol. The molecule has 0 atom stereocenters. The van der Waals surface area contributed by atoms with Crippen LogP contribution in [0.3, 0.4) is 0 Å². The van der Waals surface area contributed by atoms with Crippen LogP contribution in [0.2, 0.25) is 0 Å². The first-order chi connectivity index (χ1) is 7.22. The van der Waals surface area contributed by atoms with Crippen molar-refractivity contribution in [2.75, 3.05) is 6.26 Å². The van der Waals surface area contributed by atoms with Gasteiger partial charge in [0.1, 0.15) is 0 Å². The van der Waals surface area contributed by atoms with Gasteiger partial charge in [0.2, 0.25) is 0 Å². The molecule has 0 aliphatic heterocycles. The zero-order valence-electron chi connectivity index (χ0n) is 8.52. The zero-order valence-corrected chi connectivity index (χ0v) is 10.2. The van der Waals surface area contributed by atoms with Crippen LogP contribution < -0.4 is 0 Å². The van der Waals surface area contributed by atoms with Gasteiger partial charge in [-0.1, -0.05) is 12.1 Å². The molecule has 1 heterocycles. The molecule has 1 N–H and O–H groups in total. The van der Waals surface area contributed by atoms with Gasteiger partial charge >= 0.3 is 0 Å². The Morgan fingerprint density at radius 1 is 1.33 bits per heavy atom. The Hall–Kier alpha value is -1.07. The van der Waals surface area contributed by atoms with Crippen molar-refractivity contribution in [1.29, 1.82) is 0 Å². The minimum atomic E-state index is 0.638. The zero-order chi connectivity index (χ0) is 10.8. The summed E-state index contributed by atoms with van der Waals surface area (Å²) >= 11 is 6.79. The number of hydrogen-bond donors (Lipinski definition) is 1. The van der Waals surface area contributed by atoms with Crippen LogP contribution >= 0.6 is 24.0 Å². The van der Waals surface area contributed by atoms with E-state index in [0.29, 0.717) is 4.77 Å². The van der Waals surface area contributed by atoms with E-state index in [1.54, 1.807) is 11.8 Å². The summed E-state index contributed by atoms with van der Waals surface area (Å²) in [6, 6.07) is 8.27. The summed E-state index contributed by atoms with van der Waals surface area (Å²) in [5.41, 5.74) is 1.07. The molecule has 0 spiro atoms. The summed E-state index contributed by atoms with van der Waals surface area (Å²) < 4.78 is 2.50. The lowest BCUT2D eigenvalue weighted by molar-refractivity contribution is 0.902. The fraction of sp³-hybridized carbons (Fsp3) is 0.200. The fourth-order valence-corrected chi connectivity index (χ4v) is 1.89. The van der Waals surface area contributed by atoms with Gasteiger partial charge in [0, 0.05) is 17.5 Å². The molecule has 0 unspecified atom stereocenters. The van der Waals surface area contributed by atoms with Crippen molar-refractivity contribution in [2.24, 2.45) is 7.05 Å². The van der Waals surface area contributed by atoms with E-state index in [4.69, 9.17) is 12.2 Å². The summed E-state index contributed by atoms with van der Waals surface area (Å²) in [6.07, 6.45) is 2.06. The molecule has 0 fully saturated rings. The smallest absolute Gasteiger partial charge is 0.195 e. The van der Waals surface area contributed by atoms with Crippen LogP contribution in [0.4, 0.5) is 0 Å². The van der Waals surface area contributed by atoms with Crippen LogP contribution in [0.25, 0.3) is 11.4 Å². The maximum Gasteiger partial charge on any atom is 0.195 e. The Labute approximate surface area is 97.5 Å². The van der Waals surface area contributed by atoms with Crippen molar-refractivity contribution < 1.29 is 0 Å². The molecule has 3 nitrogen and oxygen atoms in total. The summed E-state index contributed by atoms with van der Waals surface area (Å²) in [4.78, 5) is 1.25. The SMILES string of the molecule is CSc1ccc(-c2n[nH]c(=S)n2C)cc1. The van der Waals surface area contributed by atoms with E-state index in [2.05, 4.69) is 40.7 Å². The van der Waals surface area contributed by atoms with Crippen molar-refractivity contribution >= 4 is 24.0 Å². The van der Waals surface area contributed by atoms with Gasteiger partial charge in [-0.2, -0.15) is 5.10 Å². The monoisotopic (exact) mass is 237 g/mol. The normalized spacial score (nSPS) is 10.5. The third-order valence-electron chi connectivity index (χ3n) is 2.23. The van der Waals surface area contributed by atoms with Crippen molar-refractivity contribution in [1.82, 2.24) is 14.8 Å². The lowest BCUT2D eigenvalue weighted by Crippen LogP contribution is -1.92. The summed E-state index contributed by atoms with van der Waals surface area (Å²) in [7, 11) is 1.91. The van der Waals surface area contributed by atoms with Gasteiger partial charge < -0.3 is 4.57 Å². The Kier molecular flexibility index (Phi) is 2.93. The standard InChI is InChI=1S/C10H11N3S2/c1-13-9(11-12-10(13)14)7-3-5-8(15-2)6-4-7/h3-6H,1-2H3,(H,12,14). The first-order valence-corrected chi connectivity index (χ1v) is 6.11. The molecule has 0 aliphatic rings. The molecule has 1 aromatic carbocycles. The number of H-pyrrole nitrogens is 1. The second kappa shape index (κ2) is 4.20. The molecule has 0 radical (unpaired) electrons. The van der Waals surface area contributed by atoms with Gasteiger partial charge in [-0.3, -0.25) is 5.10 Å². The second-order valence-electron chi connectivity index (χ2n) is 3.14. The molecule has 0 bridgehead atoms. The Morgan fingerprint density at radius 2 is 2.00 bits per heavy atom. The molecule has 2 rings (SSSR count). The maximum atomic E-state index is 5.06. The number of aromatic amines is 1. The van der Waals surface area contributed by atoms with Crippen molar-refractivity contribution in [3.8, 4) is 11.4 Å². The molecule has 0 aliphatic carbocycles. The van der Waals surface area contributed by atoms with Gasteiger partial charge in [-0.25, -0.2) is 0 Å². The van der Waals surface area contributed by atoms with E-state index < -0.39 is 0 Å². The first-order valence-electron chi connectivity index (χ1n) is 4.48. The van der Waals surface area contributed by atoms with E-state index in [9.17, 15) is 0 Å². The van der Waals surface area contributed by atoms with Gasteiger partial charge in [0.25, 0.3) is 0 Å². The topological polar surface area (TPSA) is 33.6 Å². The van der Waals surface area contributed by atoms with Gasteiger partial charge in [-0.05, 0) is 30.6 Å². The number of nitrogens with one attached hydrogen (secondary N) is 1. The minimum Gasteiger partial charge on any atom is -0.303 e. The van der Waals surface area contributed by atoms with Gasteiger partial charge in [0.05, 0.1) is 0 Å². The summed E-state index contributed by atoms with van der Waals surface area (Å²) in [5.74, 6) is 0.868. The van der Waals surface area contributed by atoms with Gasteiger partial charge in [0.15, 0.2) is 10.6 Å². The summed E-state index contributed by atoms with van der Waals surface area (Å²) in [6.45, 7) is 0. The van der Waals surface area contributed by atoms with Crippen LogP contribution in [0, 0.1) is 4.77 Å². The highest BCUT2D eigenvalue weighted by molar-refractivity contribution is 7.98. The maximum absolute atomic E-state index is 5.06. The molecular formula is C10H11N3S2. The molecule has 78 valence electrons. The average molecular weight is 237 g/mol. The van der Waals surface area contributed by atoms with E-state index in [0.717, 1.165) is 11.4 Å². The number of benzene rings is 1. The van der Waals surface area contributed by atoms with E-state index in [1.807, 2.05) is 11.6 Å². The number of nitrogens with zero attached hydrogens (tertiary/aromatic N) is 2. The lowest BCUT2D eigenvalue weighted by Gasteiger charge is -2.01. The van der Waals surface area contributed by atoms with E-state index in [1.165, 1.54) is 4.90 Å². The highest BCUT2D eigenvalue weighted by atomic mass is 32.2. The molecule has 0 saturated heterocycles. The highest BCUT2D eigenvalue weighted by Crippen LogP contribution is 2.20. The van der Waals surface area contributed by atoms with Crippen LogP contribution in [-0.4, -0.2) is 21.0 Å². The van der Waals surface area contributed by atoms with Gasteiger partial charge in [-0.15, -0.1) is 11.8 Å². The number of hydrogen-bond acceptors (Lipinski definition) is 3. The predicted octanol–water partition coefficient (Wildman–Crippen LogP) is 2.87. The van der Waals surface area contributed by atoms with Crippen molar-refractivity contribution in [3.05, 3.63) is 29.0 Å². The first kappa shape index (κ1) is 10.4. The number of aromatic nitrogens is 3. The van der Waals surface area contributed by atoms with Crippen molar-refractivity contribution in [2.45, 2.75) is 4.90 Å². The van der Waals surface area contributed by atoms with Crippen LogP contribution in [0.1, 0.15) is 0 Å². The molecule has 1 aromatic heterocycles. The Morgan fingerprint density at radius 3 is 2.47 bits per heavy atom. The van der Waals surface area contributed by atoms with Crippen LogP contribution in [0.15, 0.2) is 29.2 Å². The Balaban J connectivity index is 2.46. The molecule has 0 saturated carbocycles. The largest absolute Gasteiger partial charge is 0.303 e. The number of thioether (sulfide) groups is 1. The third-order valence-corrected chi connectivity index (χ3v) is 3.34. The average Bonchev–Trinajstić information content (AvgIpc) is 2.60. The summed E-state index contributed by atoms with van der Waals surface area (Å²) in [5, 5.41) is 6.95. The van der Waals surface area contributed by atoms with E-state index in [-0.39, 0.29) is 0 Å². The second-order valence-corrected chi connectivity index (χ2v) is 4.41. The lowest BCUT2D eigenvalue weighted by atomic mass is 10.2. The number of rotatable bonds is 2. The third kappa shape index (κ3) is 1.98. The highest BCUT2D eigenvalue weighted by Gasteiger charge is 2.04. The molecule has 15 heavy (non-hydrogen) atoms. The van der Waals surface area contributed by atoms with Crippen molar-refractivity contribution in [3.63, 3.8) is 0 Å². The minimum absolute atomic E-state index is 0.638.